The van der Waals surface area contributed by atoms with Crippen LogP contribution in [0.15, 0.2) is 12.1 Å². The van der Waals surface area contributed by atoms with Crippen LogP contribution in [0, 0.1) is 5.92 Å². The lowest BCUT2D eigenvalue weighted by Crippen LogP contribution is -2.29. The predicted molar refractivity (Wildman–Crippen MR) is 81.0 cm³/mol. The van der Waals surface area contributed by atoms with E-state index < -0.39 is 5.97 Å². The average molecular weight is 315 g/mol. The number of carboxylic acid groups (broad SMARTS) is 1. The van der Waals surface area contributed by atoms with Gasteiger partial charge in [0.05, 0.1) is 23.7 Å². The summed E-state index contributed by atoms with van der Waals surface area (Å²) >= 11 is 6.01. The molecule has 1 unspecified atom stereocenters. The largest absolute Gasteiger partial charge is 0.496 e. The molecule has 0 fully saturated rings. The SMILES string of the molecule is CCCC(CN)C(=O)Nc1cc(OC)c(C(=O)O)cc1Cl. The second-order valence-corrected chi connectivity index (χ2v) is 4.96. The van der Waals surface area contributed by atoms with E-state index in [4.69, 9.17) is 27.2 Å². The monoisotopic (exact) mass is 314 g/mol. The number of nitrogens with two attached hydrogens (primary N) is 1. The minimum absolute atomic E-state index is 0.0653. The molecule has 1 rings (SSSR count). The van der Waals surface area contributed by atoms with Crippen LogP contribution >= 0.6 is 11.6 Å². The number of halogens is 1. The highest BCUT2D eigenvalue weighted by atomic mass is 35.5. The number of benzene rings is 1. The number of anilines is 1. The summed E-state index contributed by atoms with van der Waals surface area (Å²) in [5, 5.41) is 11.8. The van der Waals surface area contributed by atoms with E-state index in [9.17, 15) is 9.59 Å². The maximum Gasteiger partial charge on any atom is 0.339 e. The molecule has 0 saturated heterocycles. The van der Waals surface area contributed by atoms with E-state index in [1.54, 1.807) is 0 Å². The molecule has 0 spiro atoms. The lowest BCUT2D eigenvalue weighted by Gasteiger charge is -2.16. The normalized spacial score (nSPS) is 11.8. The summed E-state index contributed by atoms with van der Waals surface area (Å²) in [7, 11) is 1.35. The summed E-state index contributed by atoms with van der Waals surface area (Å²) in [6, 6.07) is 2.64. The summed E-state index contributed by atoms with van der Waals surface area (Å²) < 4.78 is 5.00. The Kier molecular flexibility index (Phi) is 6.45. The van der Waals surface area contributed by atoms with E-state index in [1.807, 2.05) is 6.92 Å². The van der Waals surface area contributed by atoms with E-state index in [0.29, 0.717) is 12.1 Å². The first-order valence-electron chi connectivity index (χ1n) is 6.56. The topological polar surface area (TPSA) is 102 Å². The van der Waals surface area contributed by atoms with Crippen molar-refractivity contribution in [2.45, 2.75) is 19.8 Å². The predicted octanol–water partition coefficient (Wildman–Crippen LogP) is 2.36. The highest BCUT2D eigenvalue weighted by Gasteiger charge is 2.19. The molecule has 1 amide bonds. The van der Waals surface area contributed by atoms with Crippen LogP contribution in [0.5, 0.6) is 5.75 Å². The minimum atomic E-state index is -1.16. The summed E-state index contributed by atoms with van der Waals surface area (Å²) in [6.45, 7) is 2.20. The lowest BCUT2D eigenvalue weighted by atomic mass is 10.0. The third kappa shape index (κ3) is 4.34. The van der Waals surface area contributed by atoms with E-state index in [2.05, 4.69) is 5.32 Å². The van der Waals surface area contributed by atoms with Crippen LogP contribution in [0.25, 0.3) is 0 Å². The van der Waals surface area contributed by atoms with Gasteiger partial charge in [0, 0.05) is 12.6 Å². The number of carbonyl (C=O) groups is 2. The van der Waals surface area contributed by atoms with Gasteiger partial charge < -0.3 is 20.9 Å². The van der Waals surface area contributed by atoms with E-state index in [1.165, 1.54) is 19.2 Å². The van der Waals surface area contributed by atoms with Gasteiger partial charge >= 0.3 is 5.97 Å². The van der Waals surface area contributed by atoms with Crippen LogP contribution in [-0.4, -0.2) is 30.6 Å². The zero-order chi connectivity index (χ0) is 16.0. The minimum Gasteiger partial charge on any atom is -0.496 e. The average Bonchev–Trinajstić information content (AvgIpc) is 2.45. The van der Waals surface area contributed by atoms with Gasteiger partial charge in [0.15, 0.2) is 0 Å². The van der Waals surface area contributed by atoms with Crippen molar-refractivity contribution >= 4 is 29.2 Å². The molecule has 0 radical (unpaired) electrons. The Bertz CT molecular complexity index is 534. The zero-order valence-corrected chi connectivity index (χ0v) is 12.7. The van der Waals surface area contributed by atoms with Gasteiger partial charge in [0.2, 0.25) is 5.91 Å². The van der Waals surface area contributed by atoms with Crippen LogP contribution in [0.2, 0.25) is 5.02 Å². The van der Waals surface area contributed by atoms with Crippen molar-refractivity contribution in [3.8, 4) is 5.75 Å². The van der Waals surface area contributed by atoms with Gasteiger partial charge in [-0.3, -0.25) is 4.79 Å². The number of rotatable bonds is 7. The Morgan fingerprint density at radius 1 is 1.48 bits per heavy atom. The van der Waals surface area contributed by atoms with Crippen LogP contribution in [0.1, 0.15) is 30.1 Å². The van der Waals surface area contributed by atoms with Crippen LogP contribution in [-0.2, 0) is 4.79 Å². The number of aromatic carboxylic acids is 1. The highest BCUT2D eigenvalue weighted by molar-refractivity contribution is 6.34. The number of methoxy groups -OCH3 is 1. The van der Waals surface area contributed by atoms with Crippen molar-refractivity contribution in [3.05, 3.63) is 22.7 Å². The standard InChI is InChI=1S/C14H19ClN2O4/c1-3-4-8(7-16)13(18)17-11-6-12(21-2)9(14(19)20)5-10(11)15/h5-6,8H,3-4,7,16H2,1-2H3,(H,17,18)(H,19,20). The molecule has 0 saturated carbocycles. The first-order valence-corrected chi connectivity index (χ1v) is 6.94. The summed E-state index contributed by atoms with van der Waals surface area (Å²) in [5.41, 5.74) is 5.81. The van der Waals surface area contributed by atoms with Gasteiger partial charge in [-0.05, 0) is 12.5 Å². The van der Waals surface area contributed by atoms with Crippen LogP contribution in [0.3, 0.4) is 0 Å². The fourth-order valence-corrected chi connectivity index (χ4v) is 2.14. The Labute approximate surface area is 128 Å². The van der Waals surface area contributed by atoms with Gasteiger partial charge in [-0.15, -0.1) is 0 Å². The van der Waals surface area contributed by atoms with Crippen molar-refractivity contribution in [1.29, 1.82) is 0 Å². The first-order chi connectivity index (χ1) is 9.94. The number of hydrogen-bond acceptors (Lipinski definition) is 4. The molecule has 4 N–H and O–H groups in total. The molecule has 0 aliphatic heterocycles. The molecule has 1 atom stereocenters. The first kappa shape index (κ1) is 17.3. The van der Waals surface area contributed by atoms with Gasteiger partial charge in [0.1, 0.15) is 11.3 Å². The summed E-state index contributed by atoms with van der Waals surface area (Å²) in [5.74, 6) is -1.58. The smallest absolute Gasteiger partial charge is 0.339 e. The van der Waals surface area contributed by atoms with Crippen molar-refractivity contribution in [3.63, 3.8) is 0 Å². The fourth-order valence-electron chi connectivity index (χ4n) is 1.92. The molecular formula is C14H19ClN2O4. The fraction of sp³-hybridized carbons (Fsp3) is 0.429. The number of amides is 1. The Hall–Kier alpha value is -1.79. The highest BCUT2D eigenvalue weighted by Crippen LogP contribution is 2.31. The summed E-state index contributed by atoms with van der Waals surface area (Å²) in [4.78, 5) is 23.2. The van der Waals surface area contributed by atoms with E-state index in [0.717, 1.165) is 6.42 Å². The molecule has 1 aromatic carbocycles. The van der Waals surface area contributed by atoms with E-state index in [-0.39, 0.29) is 34.7 Å². The third-order valence-corrected chi connectivity index (χ3v) is 3.38. The molecule has 0 heterocycles. The van der Waals surface area contributed by atoms with Crippen molar-refractivity contribution in [1.82, 2.24) is 0 Å². The van der Waals surface area contributed by atoms with Crippen LogP contribution in [0.4, 0.5) is 5.69 Å². The molecule has 116 valence electrons. The Morgan fingerprint density at radius 3 is 2.62 bits per heavy atom. The second kappa shape index (κ2) is 7.85. The quantitative estimate of drug-likeness (QED) is 0.717. The number of nitrogens with one attached hydrogen (secondary N) is 1. The molecule has 6 nitrogen and oxygen atoms in total. The number of hydrogen-bond donors (Lipinski definition) is 3. The molecular weight excluding hydrogens is 296 g/mol. The second-order valence-electron chi connectivity index (χ2n) is 4.55. The Balaban J connectivity index is 3.03. The van der Waals surface area contributed by atoms with E-state index >= 15 is 0 Å². The molecule has 0 aromatic heterocycles. The molecule has 0 aliphatic carbocycles. The van der Waals surface area contributed by atoms with Gasteiger partial charge in [-0.25, -0.2) is 4.79 Å². The van der Waals surface area contributed by atoms with Gasteiger partial charge in [0.25, 0.3) is 0 Å². The molecule has 0 aliphatic rings. The van der Waals surface area contributed by atoms with Crippen molar-refractivity contribution < 1.29 is 19.4 Å². The number of carboxylic acids is 1. The molecule has 7 heteroatoms. The third-order valence-electron chi connectivity index (χ3n) is 3.07. The lowest BCUT2D eigenvalue weighted by molar-refractivity contribution is -0.119. The molecule has 21 heavy (non-hydrogen) atoms. The number of carbonyl (C=O) groups excluding carboxylic acids is 1. The molecule has 1 aromatic rings. The maximum absolute atomic E-state index is 12.1. The van der Waals surface area contributed by atoms with Gasteiger partial charge in [-0.1, -0.05) is 24.9 Å². The van der Waals surface area contributed by atoms with Crippen molar-refractivity contribution in [2.24, 2.45) is 11.7 Å². The maximum atomic E-state index is 12.1. The number of ether oxygens (including phenoxy) is 1. The zero-order valence-electron chi connectivity index (χ0n) is 12.0. The van der Waals surface area contributed by atoms with Gasteiger partial charge in [-0.2, -0.15) is 0 Å². The van der Waals surface area contributed by atoms with Crippen LogP contribution < -0.4 is 15.8 Å². The summed E-state index contributed by atoms with van der Waals surface area (Å²) in [6.07, 6.45) is 1.51. The molecule has 0 bridgehead atoms. The van der Waals surface area contributed by atoms with Crippen molar-refractivity contribution in [2.75, 3.05) is 19.0 Å². The Morgan fingerprint density at radius 2 is 2.14 bits per heavy atom.